The number of rotatable bonds is 2. The number of aliphatic hydroxyl groups is 1. The molecule has 0 aliphatic carbocycles. The van der Waals surface area contributed by atoms with Crippen molar-refractivity contribution in [1.82, 2.24) is 19.2 Å². The van der Waals surface area contributed by atoms with Crippen LogP contribution in [0.4, 0.5) is 0 Å². The number of nitrogens with zero attached hydrogens (tertiary/aromatic N) is 4. The number of amides is 1. The maximum Gasteiger partial charge on any atom is 0.272 e. The van der Waals surface area contributed by atoms with E-state index in [-0.39, 0.29) is 18.6 Å². The summed E-state index contributed by atoms with van der Waals surface area (Å²) in [4.78, 5) is 23.4. The minimum atomic E-state index is 0.101. The third-order valence-electron chi connectivity index (χ3n) is 6.74. The van der Waals surface area contributed by atoms with E-state index >= 15 is 0 Å². The zero-order chi connectivity index (χ0) is 17.8. The van der Waals surface area contributed by atoms with Gasteiger partial charge in [0.25, 0.3) is 5.91 Å². The van der Waals surface area contributed by atoms with Crippen LogP contribution in [0.2, 0.25) is 0 Å². The summed E-state index contributed by atoms with van der Waals surface area (Å²) in [6, 6.07) is 0.736. The van der Waals surface area contributed by atoms with Crippen LogP contribution in [0.1, 0.15) is 41.9 Å². The lowest BCUT2D eigenvalue weighted by molar-refractivity contribution is -0.0796. The summed E-state index contributed by atoms with van der Waals surface area (Å²) in [6.45, 7) is 4.83. The largest absolute Gasteiger partial charge is 0.395 e. The molecule has 3 aliphatic heterocycles. The van der Waals surface area contributed by atoms with Crippen LogP contribution >= 0.6 is 11.3 Å². The molecular formula is C19H26N4O2S. The molecule has 0 aromatic carbocycles. The lowest BCUT2D eigenvalue weighted by atomic mass is 9.72. The Morgan fingerprint density at radius 2 is 2.19 bits per heavy atom. The van der Waals surface area contributed by atoms with Gasteiger partial charge in [-0.05, 0) is 44.6 Å². The first-order valence-electron chi connectivity index (χ1n) is 9.75. The molecule has 3 fully saturated rings. The number of fused-ring (bicyclic) bond motifs is 5. The van der Waals surface area contributed by atoms with Crippen LogP contribution in [-0.2, 0) is 0 Å². The Labute approximate surface area is 157 Å². The lowest BCUT2D eigenvalue weighted by Crippen LogP contribution is -2.65. The van der Waals surface area contributed by atoms with E-state index in [2.05, 4.69) is 9.88 Å². The molecule has 1 N–H and O–H groups in total. The number of imidazole rings is 1. The smallest absolute Gasteiger partial charge is 0.272 e. The van der Waals surface area contributed by atoms with E-state index in [1.165, 1.54) is 19.3 Å². The summed E-state index contributed by atoms with van der Waals surface area (Å²) in [5.41, 5.74) is 1.53. The highest BCUT2D eigenvalue weighted by molar-refractivity contribution is 7.15. The van der Waals surface area contributed by atoms with E-state index in [0.717, 1.165) is 36.7 Å². The van der Waals surface area contributed by atoms with Crippen molar-refractivity contribution >= 4 is 22.2 Å². The fourth-order valence-corrected chi connectivity index (χ4v) is 6.39. The molecule has 5 rings (SSSR count). The van der Waals surface area contributed by atoms with E-state index in [0.29, 0.717) is 23.6 Å². The van der Waals surface area contributed by atoms with Crippen LogP contribution < -0.4 is 0 Å². The summed E-state index contributed by atoms with van der Waals surface area (Å²) >= 11 is 1.56. The number of aromatic nitrogens is 2. The first-order chi connectivity index (χ1) is 12.7. The van der Waals surface area contributed by atoms with Gasteiger partial charge in [0.1, 0.15) is 5.69 Å². The van der Waals surface area contributed by atoms with Crippen LogP contribution in [0.15, 0.2) is 11.6 Å². The third-order valence-corrected chi connectivity index (χ3v) is 7.49. The van der Waals surface area contributed by atoms with Gasteiger partial charge in [-0.2, -0.15) is 0 Å². The van der Waals surface area contributed by atoms with Crippen molar-refractivity contribution in [1.29, 1.82) is 0 Å². The van der Waals surface area contributed by atoms with Gasteiger partial charge in [-0.1, -0.05) is 6.42 Å². The van der Waals surface area contributed by atoms with E-state index in [4.69, 9.17) is 0 Å². The molecule has 5 heterocycles. The van der Waals surface area contributed by atoms with E-state index in [1.807, 2.05) is 27.8 Å². The normalized spacial score (nSPS) is 32.0. The van der Waals surface area contributed by atoms with Gasteiger partial charge in [0.2, 0.25) is 0 Å². The molecule has 0 unspecified atom stereocenters. The first kappa shape index (κ1) is 16.7. The van der Waals surface area contributed by atoms with E-state index in [9.17, 15) is 9.90 Å². The molecule has 7 heteroatoms. The summed E-state index contributed by atoms with van der Waals surface area (Å²) in [7, 11) is 0. The molecule has 2 aromatic rings. The molecule has 0 radical (unpaired) electrons. The van der Waals surface area contributed by atoms with Crippen molar-refractivity contribution in [2.24, 2.45) is 11.8 Å². The van der Waals surface area contributed by atoms with Crippen LogP contribution in [0.3, 0.4) is 0 Å². The summed E-state index contributed by atoms with van der Waals surface area (Å²) in [5.74, 6) is 1.01. The Hall–Kier alpha value is -1.44. The summed E-state index contributed by atoms with van der Waals surface area (Å²) in [5, 5.41) is 12.0. The molecule has 0 saturated carbocycles. The van der Waals surface area contributed by atoms with Crippen molar-refractivity contribution in [2.45, 2.75) is 44.7 Å². The first-order valence-corrected chi connectivity index (χ1v) is 10.6. The second kappa shape index (κ2) is 6.32. The molecule has 0 spiro atoms. The molecule has 4 atom stereocenters. The Kier molecular flexibility index (Phi) is 4.06. The van der Waals surface area contributed by atoms with Crippen molar-refractivity contribution in [3.63, 3.8) is 0 Å². The van der Waals surface area contributed by atoms with Gasteiger partial charge in [0.15, 0.2) is 4.96 Å². The van der Waals surface area contributed by atoms with Crippen molar-refractivity contribution in [3.05, 3.63) is 23.0 Å². The second-order valence-electron chi connectivity index (χ2n) is 8.12. The van der Waals surface area contributed by atoms with Crippen molar-refractivity contribution in [2.75, 3.05) is 26.2 Å². The fourth-order valence-electron chi connectivity index (χ4n) is 5.63. The van der Waals surface area contributed by atoms with Gasteiger partial charge in [-0.15, -0.1) is 11.3 Å². The molecule has 1 amide bonds. The highest BCUT2D eigenvalue weighted by Gasteiger charge is 2.48. The topological polar surface area (TPSA) is 61.1 Å². The standard InChI is InChI=1S/C19H26N4O2S/c1-12-17(23-6-7-26-19(23)20-12)18(25)21-9-13-8-14(10-21)16(11-24)22-5-3-2-4-15(13)22/h6-7,13-16,24H,2-5,8-11H2,1H3/t13-,14+,15+,16+/m1/s1. The van der Waals surface area contributed by atoms with Crippen LogP contribution in [0.25, 0.3) is 4.96 Å². The summed E-state index contributed by atoms with van der Waals surface area (Å²) in [6.07, 6.45) is 6.80. The number of hydrogen-bond donors (Lipinski definition) is 1. The predicted octanol–water partition coefficient (Wildman–Crippen LogP) is 2.01. The number of carbonyl (C=O) groups excluding carboxylic acids is 1. The van der Waals surface area contributed by atoms with Gasteiger partial charge in [0, 0.05) is 36.8 Å². The van der Waals surface area contributed by atoms with Gasteiger partial charge in [-0.3, -0.25) is 14.1 Å². The quantitative estimate of drug-likeness (QED) is 0.874. The molecule has 2 aromatic heterocycles. The third kappa shape index (κ3) is 2.44. The molecule has 6 nitrogen and oxygen atoms in total. The molecular weight excluding hydrogens is 348 g/mol. The number of piperidine rings is 3. The van der Waals surface area contributed by atoms with Gasteiger partial charge < -0.3 is 10.0 Å². The number of carbonyl (C=O) groups is 1. The molecule has 140 valence electrons. The van der Waals surface area contributed by atoms with Gasteiger partial charge in [0.05, 0.1) is 12.3 Å². The predicted molar refractivity (Wildman–Crippen MR) is 101 cm³/mol. The van der Waals surface area contributed by atoms with E-state index < -0.39 is 0 Å². The van der Waals surface area contributed by atoms with Gasteiger partial charge >= 0.3 is 0 Å². The van der Waals surface area contributed by atoms with E-state index in [1.54, 1.807) is 11.3 Å². The second-order valence-corrected chi connectivity index (χ2v) is 8.99. The SMILES string of the molecule is Cc1nc2sccn2c1C(=O)N1C[C@H]2C[C@@H](C1)[C@H](CO)N1CCCC[C@@H]21. The average Bonchev–Trinajstić information content (AvgIpc) is 3.21. The zero-order valence-corrected chi connectivity index (χ0v) is 16.0. The number of likely N-dealkylation sites (tertiary alicyclic amines) is 1. The summed E-state index contributed by atoms with van der Waals surface area (Å²) < 4.78 is 1.93. The number of aryl methyl sites for hydroxylation is 1. The van der Waals surface area contributed by atoms with Crippen LogP contribution in [0, 0.1) is 18.8 Å². The zero-order valence-electron chi connectivity index (χ0n) is 15.2. The highest BCUT2D eigenvalue weighted by atomic mass is 32.1. The molecule has 3 saturated heterocycles. The van der Waals surface area contributed by atoms with Crippen molar-refractivity contribution < 1.29 is 9.90 Å². The maximum absolute atomic E-state index is 13.4. The number of thiazole rings is 1. The Bertz CT molecular complexity index is 817. The molecule has 2 bridgehead atoms. The Morgan fingerprint density at radius 1 is 1.35 bits per heavy atom. The Balaban J connectivity index is 1.45. The van der Waals surface area contributed by atoms with Crippen LogP contribution in [-0.4, -0.2) is 68.5 Å². The minimum absolute atomic E-state index is 0.101. The minimum Gasteiger partial charge on any atom is -0.395 e. The molecule has 3 aliphatic rings. The van der Waals surface area contributed by atoms with Crippen LogP contribution in [0.5, 0.6) is 0 Å². The average molecular weight is 375 g/mol. The Morgan fingerprint density at radius 3 is 3.04 bits per heavy atom. The highest BCUT2D eigenvalue weighted by Crippen LogP contribution is 2.41. The molecule has 26 heavy (non-hydrogen) atoms. The van der Waals surface area contributed by atoms with Crippen molar-refractivity contribution in [3.8, 4) is 0 Å². The monoisotopic (exact) mass is 374 g/mol. The van der Waals surface area contributed by atoms with Gasteiger partial charge in [-0.25, -0.2) is 4.98 Å². The number of hydrogen-bond acceptors (Lipinski definition) is 5. The maximum atomic E-state index is 13.4. The lowest BCUT2D eigenvalue weighted by Gasteiger charge is -2.56. The fraction of sp³-hybridized carbons (Fsp3) is 0.684. The number of aliphatic hydroxyl groups excluding tert-OH is 1.